The molecular weight excluding hydrogens is 158 g/mol. The summed E-state index contributed by atoms with van der Waals surface area (Å²) in [6, 6.07) is 0. The summed E-state index contributed by atoms with van der Waals surface area (Å²) in [5, 5.41) is 0. The van der Waals surface area contributed by atoms with Crippen molar-refractivity contribution in [3.05, 3.63) is 0 Å². The molecule has 9 heavy (non-hydrogen) atoms. The average Bonchev–Trinajstić information content (AvgIpc) is 1.90. The van der Waals surface area contributed by atoms with E-state index < -0.39 is 7.63 Å². The largest absolute Gasteiger partial charge is 0.421 e. The Bertz CT molecular complexity index is 91.8. The van der Waals surface area contributed by atoms with Crippen LogP contribution >= 0.6 is 16.6 Å². The Hall–Kier alpha value is 0.740. The first-order valence-electron chi connectivity index (χ1n) is 2.79. The minimum atomic E-state index is -1.93. The van der Waals surface area contributed by atoms with Crippen LogP contribution in [0.2, 0.25) is 0 Å². The third-order valence-corrected chi connectivity index (χ3v) is 4.21. The Morgan fingerprint density at radius 2 is 2.00 bits per heavy atom. The SMILES string of the molecule is CO[P+]1(P)OCCCO1. The van der Waals surface area contributed by atoms with Gasteiger partial charge in [0.2, 0.25) is 0 Å². The topological polar surface area (TPSA) is 27.7 Å². The Morgan fingerprint density at radius 3 is 2.33 bits per heavy atom. The van der Waals surface area contributed by atoms with Crippen molar-refractivity contribution >= 4 is 16.6 Å². The van der Waals surface area contributed by atoms with Gasteiger partial charge in [-0.25, -0.2) is 0 Å². The van der Waals surface area contributed by atoms with E-state index >= 15 is 0 Å². The molecule has 0 aromatic heterocycles. The molecule has 1 saturated heterocycles. The molecule has 0 N–H and O–H groups in total. The summed E-state index contributed by atoms with van der Waals surface area (Å²) in [5.41, 5.74) is 0. The van der Waals surface area contributed by atoms with E-state index in [1.165, 1.54) is 0 Å². The normalized spacial score (nSPS) is 26.0. The first kappa shape index (κ1) is 7.84. The Morgan fingerprint density at radius 1 is 1.44 bits per heavy atom. The monoisotopic (exact) mass is 169 g/mol. The van der Waals surface area contributed by atoms with Crippen molar-refractivity contribution in [1.82, 2.24) is 0 Å². The number of hydrogen-bond donors (Lipinski definition) is 0. The summed E-state index contributed by atoms with van der Waals surface area (Å²) in [5.74, 6) is 0. The van der Waals surface area contributed by atoms with Crippen LogP contribution in [0.4, 0.5) is 0 Å². The lowest BCUT2D eigenvalue weighted by Gasteiger charge is -2.19. The van der Waals surface area contributed by atoms with Crippen LogP contribution in [-0.4, -0.2) is 20.3 Å². The molecule has 0 radical (unpaired) electrons. The van der Waals surface area contributed by atoms with Gasteiger partial charge in [0.05, 0.1) is 20.3 Å². The summed E-state index contributed by atoms with van der Waals surface area (Å²) in [6.45, 7) is 1.51. The second-order valence-electron chi connectivity index (χ2n) is 1.74. The fourth-order valence-electron chi connectivity index (χ4n) is 0.585. The first-order chi connectivity index (χ1) is 4.27. The Kier molecular flexibility index (Phi) is 2.81. The second-order valence-corrected chi connectivity index (χ2v) is 5.60. The maximum atomic E-state index is 5.24. The highest BCUT2D eigenvalue weighted by molar-refractivity contribution is 8.16. The van der Waals surface area contributed by atoms with E-state index in [1.54, 1.807) is 7.11 Å². The van der Waals surface area contributed by atoms with Crippen LogP contribution < -0.4 is 0 Å². The van der Waals surface area contributed by atoms with Gasteiger partial charge >= 0.3 is 7.63 Å². The van der Waals surface area contributed by atoms with Crippen molar-refractivity contribution in [3.8, 4) is 0 Å². The van der Waals surface area contributed by atoms with Gasteiger partial charge in [-0.2, -0.15) is 13.6 Å². The summed E-state index contributed by atoms with van der Waals surface area (Å²) < 4.78 is 15.5. The van der Waals surface area contributed by atoms with Crippen molar-refractivity contribution in [2.24, 2.45) is 0 Å². The molecule has 0 bridgehead atoms. The first-order valence-corrected chi connectivity index (χ1v) is 5.95. The smallest absolute Gasteiger partial charge is 0.180 e. The molecule has 0 spiro atoms. The van der Waals surface area contributed by atoms with Gasteiger partial charge in [0.1, 0.15) is 8.93 Å². The van der Waals surface area contributed by atoms with E-state index in [0.29, 0.717) is 0 Å². The Balaban J connectivity index is 2.37. The zero-order chi connectivity index (χ0) is 6.74. The molecular formula is C4H11O3P2+. The summed E-state index contributed by atoms with van der Waals surface area (Å²) in [7, 11) is 2.16. The number of rotatable bonds is 1. The van der Waals surface area contributed by atoms with E-state index in [0.717, 1.165) is 19.6 Å². The molecule has 0 saturated carbocycles. The lowest BCUT2D eigenvalue weighted by Crippen LogP contribution is -2.09. The van der Waals surface area contributed by atoms with E-state index in [2.05, 4.69) is 8.93 Å². The van der Waals surface area contributed by atoms with Crippen LogP contribution in [0.5, 0.6) is 0 Å². The standard InChI is InChI=1S/C4H11O3P2/c1-5-9(8)6-3-2-4-7-9/h2-4,8H2,1H3/q+1. The van der Waals surface area contributed by atoms with Crippen molar-refractivity contribution in [3.63, 3.8) is 0 Å². The molecule has 0 amide bonds. The molecule has 1 aliphatic rings. The second kappa shape index (κ2) is 3.23. The maximum absolute atomic E-state index is 5.24. The van der Waals surface area contributed by atoms with Crippen LogP contribution in [0.15, 0.2) is 0 Å². The van der Waals surface area contributed by atoms with Gasteiger partial charge in [0.15, 0.2) is 0 Å². The van der Waals surface area contributed by atoms with Crippen molar-refractivity contribution in [2.75, 3.05) is 20.3 Å². The van der Waals surface area contributed by atoms with E-state index in [9.17, 15) is 0 Å². The third-order valence-electron chi connectivity index (χ3n) is 1.09. The van der Waals surface area contributed by atoms with E-state index in [-0.39, 0.29) is 0 Å². The van der Waals surface area contributed by atoms with Crippen LogP contribution in [-0.2, 0) is 13.6 Å². The summed E-state index contributed by atoms with van der Waals surface area (Å²) >= 11 is 0. The molecule has 0 aromatic carbocycles. The molecule has 1 fully saturated rings. The highest BCUT2D eigenvalue weighted by Gasteiger charge is 2.40. The fraction of sp³-hybridized carbons (Fsp3) is 1.00. The van der Waals surface area contributed by atoms with Crippen LogP contribution in [0.25, 0.3) is 0 Å². The summed E-state index contributed by atoms with van der Waals surface area (Å²) in [4.78, 5) is 0. The van der Waals surface area contributed by atoms with Crippen molar-refractivity contribution in [2.45, 2.75) is 6.42 Å². The molecule has 5 heteroatoms. The van der Waals surface area contributed by atoms with Gasteiger partial charge in [-0.05, 0) is 0 Å². The highest BCUT2D eigenvalue weighted by Crippen LogP contribution is 2.70. The molecule has 0 aliphatic carbocycles. The van der Waals surface area contributed by atoms with Gasteiger partial charge in [0.25, 0.3) is 0 Å². The molecule has 3 nitrogen and oxygen atoms in total. The van der Waals surface area contributed by atoms with E-state index in [1.807, 2.05) is 0 Å². The van der Waals surface area contributed by atoms with Crippen LogP contribution in [0, 0.1) is 0 Å². The summed E-state index contributed by atoms with van der Waals surface area (Å²) in [6.07, 6.45) is 0.972. The zero-order valence-electron chi connectivity index (χ0n) is 5.37. The molecule has 1 rings (SSSR count). The van der Waals surface area contributed by atoms with Gasteiger partial charge in [-0.15, -0.1) is 0 Å². The predicted molar refractivity (Wildman–Crippen MR) is 40.2 cm³/mol. The quantitative estimate of drug-likeness (QED) is 0.558. The predicted octanol–water partition coefficient (Wildman–Crippen LogP) is 1.62. The van der Waals surface area contributed by atoms with Gasteiger partial charge in [-0.1, -0.05) is 0 Å². The van der Waals surface area contributed by atoms with Gasteiger partial charge in [-0.3, -0.25) is 0 Å². The van der Waals surface area contributed by atoms with Crippen molar-refractivity contribution < 1.29 is 13.6 Å². The minimum Gasteiger partial charge on any atom is -0.180 e. The molecule has 1 aliphatic heterocycles. The highest BCUT2D eigenvalue weighted by atomic mass is 32.1. The van der Waals surface area contributed by atoms with Crippen molar-refractivity contribution in [1.29, 1.82) is 0 Å². The molecule has 0 aromatic rings. The lowest BCUT2D eigenvalue weighted by molar-refractivity contribution is 0.123. The molecule has 1 unspecified atom stereocenters. The van der Waals surface area contributed by atoms with Gasteiger partial charge in [0, 0.05) is 6.42 Å². The molecule has 1 atom stereocenters. The van der Waals surface area contributed by atoms with Gasteiger partial charge < -0.3 is 0 Å². The maximum Gasteiger partial charge on any atom is 0.421 e. The minimum absolute atomic E-state index is 0.755. The lowest BCUT2D eigenvalue weighted by atomic mass is 10.5. The zero-order valence-corrected chi connectivity index (χ0v) is 7.42. The van der Waals surface area contributed by atoms with Crippen LogP contribution in [0.1, 0.15) is 6.42 Å². The molecule has 54 valence electrons. The molecule has 1 heterocycles. The number of hydrogen-bond acceptors (Lipinski definition) is 3. The van der Waals surface area contributed by atoms with E-state index in [4.69, 9.17) is 13.6 Å². The average molecular weight is 169 g/mol. The fourth-order valence-corrected chi connectivity index (χ4v) is 2.27. The Labute approximate surface area is 57.7 Å². The third kappa shape index (κ3) is 2.10. The van der Waals surface area contributed by atoms with Crippen LogP contribution in [0.3, 0.4) is 0 Å².